The van der Waals surface area contributed by atoms with Crippen molar-refractivity contribution in [3.63, 3.8) is 0 Å². The number of nitrogens with one attached hydrogen (secondary N) is 1. The van der Waals surface area contributed by atoms with E-state index >= 15 is 0 Å². The van der Waals surface area contributed by atoms with Gasteiger partial charge in [-0.3, -0.25) is 15.5 Å². The Kier molecular flexibility index (Phi) is 5.29. The van der Waals surface area contributed by atoms with Crippen molar-refractivity contribution in [1.82, 2.24) is 4.57 Å². The molecule has 142 valence electrons. The van der Waals surface area contributed by atoms with Gasteiger partial charge in [0.25, 0.3) is 5.69 Å². The lowest BCUT2D eigenvalue weighted by Gasteiger charge is -2.07. The molecule has 3 aromatic rings. The van der Waals surface area contributed by atoms with Gasteiger partial charge in [0.1, 0.15) is 11.1 Å². The predicted molar refractivity (Wildman–Crippen MR) is 112 cm³/mol. The molecule has 0 radical (unpaired) electrons. The zero-order valence-corrected chi connectivity index (χ0v) is 16.8. The van der Waals surface area contributed by atoms with Crippen molar-refractivity contribution in [3.8, 4) is 11.1 Å². The molecule has 0 bridgehead atoms. The van der Waals surface area contributed by atoms with Crippen LogP contribution in [0.1, 0.15) is 33.0 Å². The second-order valence-electron chi connectivity index (χ2n) is 6.41. The Morgan fingerprint density at radius 3 is 2.54 bits per heavy atom. The average molecular weight is 393 g/mol. The number of nitro groups is 1. The topological polar surface area (TPSA) is 96.2 Å². The highest BCUT2D eigenvalue weighted by Gasteiger charge is 2.18. The number of nitriles is 1. The fourth-order valence-corrected chi connectivity index (χ4v) is 4.18. The summed E-state index contributed by atoms with van der Waals surface area (Å²) in [6.07, 6.45) is 1.71. The van der Waals surface area contributed by atoms with E-state index in [1.54, 1.807) is 29.7 Å². The Labute approximate surface area is 166 Å². The van der Waals surface area contributed by atoms with Crippen LogP contribution in [0, 0.1) is 49.1 Å². The highest BCUT2D eigenvalue weighted by Crippen LogP contribution is 2.33. The molecule has 0 aliphatic rings. The Hall–Kier alpha value is -3.44. The number of thiophene rings is 1. The number of anilines is 1. The van der Waals surface area contributed by atoms with E-state index in [1.165, 1.54) is 12.1 Å². The van der Waals surface area contributed by atoms with Gasteiger partial charge in [-0.05, 0) is 51.5 Å². The van der Waals surface area contributed by atoms with Crippen LogP contribution in [0.25, 0.3) is 5.00 Å². The first kappa shape index (κ1) is 19.3. The number of aryl methyl sites for hydroxylation is 2. The molecule has 0 spiro atoms. The van der Waals surface area contributed by atoms with Gasteiger partial charge in [0.15, 0.2) is 0 Å². The lowest BCUT2D eigenvalue weighted by Crippen LogP contribution is -2.00. The Morgan fingerprint density at radius 1 is 1.25 bits per heavy atom. The monoisotopic (exact) mass is 393 g/mol. The molecule has 3 rings (SSSR count). The molecular formula is C20H19N5O2S. The fourth-order valence-electron chi connectivity index (χ4n) is 2.96. The summed E-state index contributed by atoms with van der Waals surface area (Å²) >= 11 is 1.61. The first-order chi connectivity index (χ1) is 13.3. The van der Waals surface area contributed by atoms with E-state index in [-0.39, 0.29) is 5.69 Å². The van der Waals surface area contributed by atoms with Crippen molar-refractivity contribution < 1.29 is 4.92 Å². The minimum atomic E-state index is -0.439. The Bertz CT molecular complexity index is 1120. The van der Waals surface area contributed by atoms with Gasteiger partial charge in [-0.25, -0.2) is 0 Å². The van der Waals surface area contributed by atoms with Gasteiger partial charge in [-0.1, -0.05) is 0 Å². The summed E-state index contributed by atoms with van der Waals surface area (Å²) in [5.41, 5.74) is 8.24. The molecule has 7 nitrogen and oxygen atoms in total. The van der Waals surface area contributed by atoms with Gasteiger partial charge in [0, 0.05) is 34.0 Å². The summed E-state index contributed by atoms with van der Waals surface area (Å²) in [6.45, 7) is 7.99. The van der Waals surface area contributed by atoms with Crippen LogP contribution in [0.2, 0.25) is 0 Å². The molecule has 0 unspecified atom stereocenters. The molecular weight excluding hydrogens is 374 g/mol. The third kappa shape index (κ3) is 3.52. The smallest absolute Gasteiger partial charge is 0.269 e. The summed E-state index contributed by atoms with van der Waals surface area (Å²) in [5, 5.41) is 25.4. The molecule has 28 heavy (non-hydrogen) atoms. The highest BCUT2D eigenvalue weighted by molar-refractivity contribution is 7.14. The SMILES string of the molecule is Cc1sc(-n2c(C)cc(/C=N/Nc3ccc([N+](=O)[O-])cc3)c2C)c(C#N)c1C. The van der Waals surface area contributed by atoms with E-state index in [9.17, 15) is 15.4 Å². The number of hydrogen-bond acceptors (Lipinski definition) is 6. The molecule has 1 N–H and O–H groups in total. The van der Waals surface area contributed by atoms with Gasteiger partial charge >= 0.3 is 0 Å². The second kappa shape index (κ2) is 7.66. The van der Waals surface area contributed by atoms with Gasteiger partial charge in [0.05, 0.1) is 22.4 Å². The van der Waals surface area contributed by atoms with Gasteiger partial charge < -0.3 is 4.57 Å². The van der Waals surface area contributed by atoms with Gasteiger partial charge in [0.2, 0.25) is 0 Å². The minimum absolute atomic E-state index is 0.0351. The highest BCUT2D eigenvalue weighted by atomic mass is 32.1. The largest absolute Gasteiger partial charge is 0.308 e. The number of hydrogen-bond donors (Lipinski definition) is 1. The standard InChI is InChI=1S/C20H19N5O2S/c1-12-9-16(11-22-23-17-5-7-18(8-6-17)25(26)27)14(3)24(12)20-19(10-21)13(2)15(4)28-20/h5-9,11,23H,1-4H3/b22-11+. The third-order valence-electron chi connectivity index (χ3n) is 4.63. The quantitative estimate of drug-likeness (QED) is 0.375. The lowest BCUT2D eigenvalue weighted by molar-refractivity contribution is -0.384. The molecule has 0 atom stereocenters. The molecule has 0 aliphatic heterocycles. The maximum atomic E-state index is 10.7. The summed E-state index contributed by atoms with van der Waals surface area (Å²) in [4.78, 5) is 11.4. The van der Waals surface area contributed by atoms with Crippen molar-refractivity contribution in [2.24, 2.45) is 5.10 Å². The maximum absolute atomic E-state index is 10.7. The van der Waals surface area contributed by atoms with Crippen molar-refractivity contribution in [1.29, 1.82) is 5.26 Å². The summed E-state index contributed by atoms with van der Waals surface area (Å²) in [5.74, 6) is 0. The molecule has 0 saturated heterocycles. The van der Waals surface area contributed by atoms with Crippen LogP contribution in [-0.2, 0) is 0 Å². The zero-order valence-electron chi connectivity index (χ0n) is 16.0. The number of aromatic nitrogens is 1. The van der Waals surface area contributed by atoms with Crippen LogP contribution in [0.3, 0.4) is 0 Å². The van der Waals surface area contributed by atoms with E-state index in [2.05, 4.69) is 21.2 Å². The summed E-state index contributed by atoms with van der Waals surface area (Å²) < 4.78 is 2.08. The van der Waals surface area contributed by atoms with Crippen LogP contribution >= 0.6 is 11.3 Å². The van der Waals surface area contributed by atoms with Crippen LogP contribution < -0.4 is 5.43 Å². The lowest BCUT2D eigenvalue weighted by atomic mass is 10.2. The van der Waals surface area contributed by atoms with Crippen LogP contribution in [-0.4, -0.2) is 15.7 Å². The minimum Gasteiger partial charge on any atom is -0.308 e. The van der Waals surface area contributed by atoms with Crippen LogP contribution in [0.4, 0.5) is 11.4 Å². The number of nitrogens with zero attached hydrogens (tertiary/aromatic N) is 4. The number of hydrazone groups is 1. The van der Waals surface area contributed by atoms with Crippen molar-refractivity contribution in [2.45, 2.75) is 27.7 Å². The van der Waals surface area contributed by atoms with Gasteiger partial charge in [-0.2, -0.15) is 10.4 Å². The van der Waals surface area contributed by atoms with E-state index in [4.69, 9.17) is 0 Å². The average Bonchev–Trinajstić information content (AvgIpc) is 3.10. The normalized spacial score (nSPS) is 11.0. The molecule has 0 aliphatic carbocycles. The van der Waals surface area contributed by atoms with Crippen LogP contribution in [0.15, 0.2) is 35.4 Å². The number of non-ortho nitro benzene ring substituents is 1. The molecule has 2 aromatic heterocycles. The zero-order chi connectivity index (χ0) is 20.4. The number of benzene rings is 1. The summed E-state index contributed by atoms with van der Waals surface area (Å²) in [7, 11) is 0. The molecule has 8 heteroatoms. The van der Waals surface area contributed by atoms with Gasteiger partial charge in [-0.15, -0.1) is 11.3 Å². The Balaban J connectivity index is 1.86. The number of rotatable bonds is 5. The molecule has 0 saturated carbocycles. The van der Waals surface area contributed by atoms with E-state index in [0.717, 1.165) is 32.4 Å². The molecule has 1 aromatic carbocycles. The second-order valence-corrected chi connectivity index (χ2v) is 7.61. The van der Waals surface area contributed by atoms with Crippen molar-refractivity contribution >= 4 is 28.9 Å². The van der Waals surface area contributed by atoms with Crippen molar-refractivity contribution in [2.75, 3.05) is 5.43 Å². The van der Waals surface area contributed by atoms with Crippen molar-refractivity contribution in [3.05, 3.63) is 73.4 Å². The Morgan fingerprint density at radius 2 is 1.93 bits per heavy atom. The fraction of sp³-hybridized carbons (Fsp3) is 0.200. The van der Waals surface area contributed by atoms with E-state index < -0.39 is 4.92 Å². The molecule has 2 heterocycles. The summed E-state index contributed by atoms with van der Waals surface area (Å²) in [6, 6.07) is 10.4. The maximum Gasteiger partial charge on any atom is 0.269 e. The van der Waals surface area contributed by atoms with Crippen LogP contribution in [0.5, 0.6) is 0 Å². The number of nitro benzene ring substituents is 1. The first-order valence-corrected chi connectivity index (χ1v) is 9.38. The molecule has 0 amide bonds. The first-order valence-electron chi connectivity index (χ1n) is 8.56. The van der Waals surface area contributed by atoms with E-state index in [1.807, 2.05) is 33.8 Å². The predicted octanol–water partition coefficient (Wildman–Crippen LogP) is 5.00. The third-order valence-corrected chi connectivity index (χ3v) is 5.82. The molecule has 0 fully saturated rings. The van der Waals surface area contributed by atoms with E-state index in [0.29, 0.717) is 11.3 Å².